The third-order valence-corrected chi connectivity index (χ3v) is 3.94. The van der Waals surface area contributed by atoms with Crippen LogP contribution in [-0.4, -0.2) is 24.3 Å². The fraction of sp³-hybridized carbons (Fsp3) is 0.211. The number of methoxy groups -OCH3 is 2. The van der Waals surface area contributed by atoms with Crippen LogP contribution < -0.4 is 9.47 Å². The van der Waals surface area contributed by atoms with E-state index in [-0.39, 0.29) is 6.61 Å². The summed E-state index contributed by atoms with van der Waals surface area (Å²) in [5.41, 5.74) is 4.70. The van der Waals surface area contributed by atoms with Gasteiger partial charge < -0.3 is 14.6 Å². The summed E-state index contributed by atoms with van der Waals surface area (Å²) in [6.45, 7) is 2.07. The second kappa shape index (κ2) is 6.26. The molecule has 0 saturated heterocycles. The van der Waals surface area contributed by atoms with Gasteiger partial charge in [0, 0.05) is 10.9 Å². The molecule has 0 spiro atoms. The maximum atomic E-state index is 9.32. The van der Waals surface area contributed by atoms with Gasteiger partial charge in [-0.3, -0.25) is 0 Å². The minimum Gasteiger partial charge on any atom is -0.493 e. The molecule has 3 rings (SSSR count). The lowest BCUT2D eigenvalue weighted by atomic mass is 10.0. The molecule has 0 amide bonds. The number of aromatic nitrogens is 1. The molecule has 0 aliphatic heterocycles. The fourth-order valence-corrected chi connectivity index (χ4v) is 2.69. The molecular formula is C19H19NO3. The Morgan fingerprint density at radius 1 is 0.957 bits per heavy atom. The van der Waals surface area contributed by atoms with E-state index in [1.165, 1.54) is 0 Å². The van der Waals surface area contributed by atoms with Crippen molar-refractivity contribution >= 4 is 10.9 Å². The van der Waals surface area contributed by atoms with Crippen LogP contribution in [0.15, 0.2) is 42.5 Å². The van der Waals surface area contributed by atoms with Gasteiger partial charge in [0.2, 0.25) is 0 Å². The number of benzene rings is 2. The van der Waals surface area contributed by atoms with Crippen LogP contribution in [0.5, 0.6) is 11.5 Å². The second-order valence-electron chi connectivity index (χ2n) is 5.40. The smallest absolute Gasteiger partial charge is 0.161 e. The molecule has 4 nitrogen and oxygen atoms in total. The van der Waals surface area contributed by atoms with Crippen molar-refractivity contribution in [2.45, 2.75) is 13.5 Å². The average molecular weight is 309 g/mol. The van der Waals surface area contributed by atoms with E-state index in [4.69, 9.17) is 14.5 Å². The van der Waals surface area contributed by atoms with Gasteiger partial charge in [-0.1, -0.05) is 12.1 Å². The Labute approximate surface area is 135 Å². The Morgan fingerprint density at radius 2 is 1.74 bits per heavy atom. The van der Waals surface area contributed by atoms with E-state index < -0.39 is 0 Å². The van der Waals surface area contributed by atoms with Crippen LogP contribution in [-0.2, 0) is 6.61 Å². The first-order valence-corrected chi connectivity index (χ1v) is 7.40. The number of aliphatic hydroxyl groups excluding tert-OH is 1. The molecule has 3 aromatic rings. The molecule has 118 valence electrons. The van der Waals surface area contributed by atoms with Crippen molar-refractivity contribution in [3.63, 3.8) is 0 Å². The summed E-state index contributed by atoms with van der Waals surface area (Å²) in [6, 6.07) is 13.7. The van der Waals surface area contributed by atoms with Crippen LogP contribution >= 0.6 is 0 Å². The van der Waals surface area contributed by atoms with Crippen molar-refractivity contribution in [3.05, 3.63) is 53.6 Å². The summed E-state index contributed by atoms with van der Waals surface area (Å²) >= 11 is 0. The van der Waals surface area contributed by atoms with Crippen LogP contribution in [0.2, 0.25) is 0 Å². The topological polar surface area (TPSA) is 51.6 Å². The zero-order chi connectivity index (χ0) is 16.4. The van der Waals surface area contributed by atoms with E-state index in [1.54, 1.807) is 14.2 Å². The Hall–Kier alpha value is -2.59. The summed E-state index contributed by atoms with van der Waals surface area (Å²) in [6.07, 6.45) is 0. The molecule has 0 unspecified atom stereocenters. The zero-order valence-electron chi connectivity index (χ0n) is 13.5. The molecular weight excluding hydrogens is 290 g/mol. The summed E-state index contributed by atoms with van der Waals surface area (Å²) in [5.74, 6) is 1.37. The minimum atomic E-state index is 0.0112. The Bertz CT molecular complexity index is 859. The summed E-state index contributed by atoms with van der Waals surface area (Å²) in [4.78, 5) is 4.74. The largest absolute Gasteiger partial charge is 0.493 e. The fourth-order valence-electron chi connectivity index (χ4n) is 2.69. The van der Waals surface area contributed by atoms with Gasteiger partial charge in [-0.25, -0.2) is 4.98 Å². The molecule has 0 aliphatic carbocycles. The van der Waals surface area contributed by atoms with Crippen molar-refractivity contribution in [1.29, 1.82) is 0 Å². The van der Waals surface area contributed by atoms with Crippen molar-refractivity contribution in [1.82, 2.24) is 4.98 Å². The number of aliphatic hydroxyl groups is 1. The van der Waals surface area contributed by atoms with Crippen LogP contribution in [0.4, 0.5) is 0 Å². The highest BCUT2D eigenvalue weighted by Gasteiger charge is 2.09. The number of hydrogen-bond acceptors (Lipinski definition) is 4. The van der Waals surface area contributed by atoms with E-state index in [0.29, 0.717) is 11.5 Å². The number of pyridine rings is 1. The summed E-state index contributed by atoms with van der Waals surface area (Å²) in [5, 5.41) is 10.4. The molecule has 0 radical (unpaired) electrons. The first kappa shape index (κ1) is 15.3. The van der Waals surface area contributed by atoms with Crippen LogP contribution in [0, 0.1) is 6.92 Å². The van der Waals surface area contributed by atoms with E-state index in [9.17, 15) is 5.11 Å². The van der Waals surface area contributed by atoms with E-state index in [0.717, 1.165) is 33.3 Å². The number of nitrogens with zero attached hydrogens (tertiary/aromatic N) is 1. The molecule has 0 aliphatic rings. The van der Waals surface area contributed by atoms with E-state index in [1.807, 2.05) is 36.4 Å². The number of ether oxygens (including phenoxy) is 2. The number of fused-ring (bicyclic) bond motifs is 1. The maximum absolute atomic E-state index is 9.32. The standard InChI is InChI=1S/C19H19NO3/c1-12-8-16(14-5-7-18(22-2)19(10-14)23-3)20-17-9-13(11-21)4-6-15(12)17/h4-10,21H,11H2,1-3H3. The van der Waals surface area contributed by atoms with E-state index >= 15 is 0 Å². The number of hydrogen-bond donors (Lipinski definition) is 1. The van der Waals surface area contributed by atoms with Gasteiger partial charge in [0.15, 0.2) is 11.5 Å². The summed E-state index contributed by atoms with van der Waals surface area (Å²) < 4.78 is 10.6. The highest BCUT2D eigenvalue weighted by atomic mass is 16.5. The Balaban J connectivity index is 2.16. The van der Waals surface area contributed by atoms with Gasteiger partial charge in [0.25, 0.3) is 0 Å². The predicted octanol–water partition coefficient (Wildman–Crippen LogP) is 3.72. The predicted molar refractivity (Wildman–Crippen MR) is 90.9 cm³/mol. The minimum absolute atomic E-state index is 0.0112. The van der Waals surface area contributed by atoms with E-state index in [2.05, 4.69) is 13.0 Å². The quantitative estimate of drug-likeness (QED) is 0.798. The van der Waals surface area contributed by atoms with Crippen molar-refractivity contribution in [2.75, 3.05) is 14.2 Å². The molecule has 1 heterocycles. The average Bonchev–Trinajstić information content (AvgIpc) is 2.60. The first-order valence-electron chi connectivity index (χ1n) is 7.40. The molecule has 0 bridgehead atoms. The number of aryl methyl sites for hydroxylation is 1. The zero-order valence-corrected chi connectivity index (χ0v) is 13.5. The van der Waals surface area contributed by atoms with Gasteiger partial charge in [-0.05, 0) is 48.4 Å². The molecule has 0 saturated carbocycles. The first-order chi connectivity index (χ1) is 11.2. The molecule has 1 aromatic heterocycles. The molecule has 0 atom stereocenters. The Kier molecular flexibility index (Phi) is 4.17. The van der Waals surface area contributed by atoms with Crippen LogP contribution in [0.3, 0.4) is 0 Å². The lowest BCUT2D eigenvalue weighted by Crippen LogP contribution is -1.93. The maximum Gasteiger partial charge on any atom is 0.161 e. The highest BCUT2D eigenvalue weighted by molar-refractivity contribution is 5.85. The summed E-state index contributed by atoms with van der Waals surface area (Å²) in [7, 11) is 3.24. The number of rotatable bonds is 4. The molecule has 1 N–H and O–H groups in total. The van der Waals surface area contributed by atoms with Crippen LogP contribution in [0.1, 0.15) is 11.1 Å². The third-order valence-electron chi connectivity index (χ3n) is 3.94. The van der Waals surface area contributed by atoms with Gasteiger partial charge in [-0.2, -0.15) is 0 Å². The van der Waals surface area contributed by atoms with Gasteiger partial charge in [-0.15, -0.1) is 0 Å². The van der Waals surface area contributed by atoms with Crippen molar-refractivity contribution in [3.8, 4) is 22.8 Å². The lowest BCUT2D eigenvalue weighted by molar-refractivity contribution is 0.282. The SMILES string of the molecule is COc1ccc(-c2cc(C)c3ccc(CO)cc3n2)cc1OC. The normalized spacial score (nSPS) is 10.8. The molecule has 4 heteroatoms. The Morgan fingerprint density at radius 3 is 2.43 bits per heavy atom. The third kappa shape index (κ3) is 2.85. The molecule has 2 aromatic carbocycles. The van der Waals surface area contributed by atoms with Crippen molar-refractivity contribution in [2.24, 2.45) is 0 Å². The molecule has 0 fully saturated rings. The van der Waals surface area contributed by atoms with Crippen molar-refractivity contribution < 1.29 is 14.6 Å². The van der Waals surface area contributed by atoms with Crippen LogP contribution in [0.25, 0.3) is 22.2 Å². The second-order valence-corrected chi connectivity index (χ2v) is 5.40. The van der Waals surface area contributed by atoms with Gasteiger partial charge in [0.1, 0.15) is 0 Å². The monoisotopic (exact) mass is 309 g/mol. The van der Waals surface area contributed by atoms with Gasteiger partial charge in [0.05, 0.1) is 32.0 Å². The van der Waals surface area contributed by atoms with Gasteiger partial charge >= 0.3 is 0 Å². The molecule has 23 heavy (non-hydrogen) atoms. The lowest BCUT2D eigenvalue weighted by Gasteiger charge is -2.11. The highest BCUT2D eigenvalue weighted by Crippen LogP contribution is 2.33.